The number of hydrogen-bond donors (Lipinski definition) is 1. The number of aldehydes is 1. The highest BCUT2D eigenvalue weighted by Gasteiger charge is 2.72. The Labute approximate surface area is 180 Å². The second-order valence-electron chi connectivity index (χ2n) is 9.80. The highest BCUT2D eigenvalue weighted by Crippen LogP contribution is 2.69. The van der Waals surface area contributed by atoms with Crippen LogP contribution in [-0.2, 0) is 4.74 Å². The van der Waals surface area contributed by atoms with Crippen LogP contribution >= 0.6 is 0 Å². The van der Waals surface area contributed by atoms with Crippen LogP contribution in [0.1, 0.15) is 67.3 Å². The molecule has 0 spiro atoms. The lowest BCUT2D eigenvalue weighted by Gasteiger charge is -2.54. The summed E-state index contributed by atoms with van der Waals surface area (Å²) >= 11 is 0. The second kappa shape index (κ2) is 6.96. The van der Waals surface area contributed by atoms with Gasteiger partial charge in [0.25, 0.3) is 0 Å². The minimum Gasteiger partial charge on any atom is -0.501 e. The van der Waals surface area contributed by atoms with Gasteiger partial charge in [0.2, 0.25) is 0 Å². The van der Waals surface area contributed by atoms with Crippen molar-refractivity contribution >= 4 is 6.29 Å². The molecule has 3 nitrogen and oxygen atoms in total. The van der Waals surface area contributed by atoms with E-state index >= 15 is 0 Å². The number of ether oxygens (including phenoxy) is 1. The van der Waals surface area contributed by atoms with E-state index in [0.717, 1.165) is 31.1 Å². The molecule has 5 atom stereocenters. The summed E-state index contributed by atoms with van der Waals surface area (Å²) in [5.74, 6) is -0.386. The number of aliphatic hydroxyl groups is 1. The molecule has 1 aromatic rings. The number of carbonyl (C=O) groups is 1. The van der Waals surface area contributed by atoms with E-state index in [1.807, 2.05) is 18.4 Å². The smallest absolute Gasteiger partial charge is 0.417 e. The minimum absolute atomic E-state index is 0.0242. The molecule has 2 saturated carbocycles. The first-order valence-electron chi connectivity index (χ1n) is 11.1. The predicted octanol–water partition coefficient (Wildman–Crippen LogP) is 5.71. The van der Waals surface area contributed by atoms with Crippen molar-refractivity contribution in [2.24, 2.45) is 17.3 Å². The Morgan fingerprint density at radius 1 is 1.16 bits per heavy atom. The van der Waals surface area contributed by atoms with Crippen LogP contribution in [0.2, 0.25) is 0 Å². The van der Waals surface area contributed by atoms with Crippen LogP contribution in [0.25, 0.3) is 0 Å². The van der Waals surface area contributed by atoms with E-state index in [1.165, 1.54) is 16.7 Å². The molecule has 1 heterocycles. The molecule has 0 bridgehead atoms. The van der Waals surface area contributed by atoms with Crippen molar-refractivity contribution in [3.63, 3.8) is 0 Å². The number of carbonyl (C=O) groups excluding carboxylic acids is 1. The Balaban J connectivity index is 1.68. The second-order valence-corrected chi connectivity index (χ2v) is 9.80. The molecule has 31 heavy (non-hydrogen) atoms. The first-order valence-corrected chi connectivity index (χ1v) is 11.1. The third-order valence-corrected chi connectivity index (χ3v) is 8.57. The fraction of sp³-hybridized carbons (Fsp3) is 0.560. The lowest BCUT2D eigenvalue weighted by atomic mass is 9.51. The minimum atomic E-state index is -4.66. The van der Waals surface area contributed by atoms with E-state index in [9.17, 15) is 23.1 Å². The SMILES string of the molecule is C[C@]12C[C@H](c3ccc(C=O)cc3)C3=C4CCOC=C4CCC3C1CC[C@@]2(O)C(F)(F)F. The van der Waals surface area contributed by atoms with E-state index in [0.29, 0.717) is 18.6 Å². The van der Waals surface area contributed by atoms with Gasteiger partial charge in [-0.1, -0.05) is 36.8 Å². The average molecular weight is 432 g/mol. The van der Waals surface area contributed by atoms with E-state index < -0.39 is 17.2 Å². The van der Waals surface area contributed by atoms with Gasteiger partial charge in [-0.2, -0.15) is 13.2 Å². The molecular formula is C25H27F3O3. The lowest BCUT2D eigenvalue weighted by Crippen LogP contribution is -2.58. The Bertz CT molecular complexity index is 961. The highest BCUT2D eigenvalue weighted by atomic mass is 19.4. The number of rotatable bonds is 2. The molecule has 166 valence electrons. The Kier molecular flexibility index (Phi) is 4.67. The van der Waals surface area contributed by atoms with E-state index in [2.05, 4.69) is 0 Å². The maximum atomic E-state index is 14.2. The molecule has 2 unspecified atom stereocenters. The molecule has 6 heteroatoms. The van der Waals surface area contributed by atoms with Crippen molar-refractivity contribution in [3.05, 3.63) is 58.4 Å². The van der Waals surface area contributed by atoms with Crippen LogP contribution < -0.4 is 0 Å². The monoisotopic (exact) mass is 432 g/mol. The highest BCUT2D eigenvalue weighted by molar-refractivity contribution is 5.74. The zero-order valence-corrected chi connectivity index (χ0v) is 17.5. The number of alkyl halides is 3. The average Bonchev–Trinajstić information content (AvgIpc) is 3.05. The van der Waals surface area contributed by atoms with Gasteiger partial charge in [-0.15, -0.1) is 0 Å². The maximum Gasteiger partial charge on any atom is 0.417 e. The van der Waals surface area contributed by atoms with Crippen LogP contribution in [0.4, 0.5) is 13.2 Å². The van der Waals surface area contributed by atoms with Crippen LogP contribution in [0.5, 0.6) is 0 Å². The van der Waals surface area contributed by atoms with Crippen LogP contribution in [0, 0.1) is 17.3 Å². The molecule has 0 aromatic heterocycles. The number of allylic oxidation sites excluding steroid dienone is 2. The van der Waals surface area contributed by atoms with Gasteiger partial charge in [-0.3, -0.25) is 4.79 Å². The summed E-state index contributed by atoms with van der Waals surface area (Å²) in [6, 6.07) is 7.18. The van der Waals surface area contributed by atoms with Crippen LogP contribution in [0.15, 0.2) is 47.2 Å². The molecule has 0 amide bonds. The summed E-state index contributed by atoms with van der Waals surface area (Å²) in [5.41, 5.74) is 1.20. The Morgan fingerprint density at radius 2 is 1.90 bits per heavy atom. The summed E-state index contributed by atoms with van der Waals surface area (Å²) in [6.07, 6.45) is 0.688. The van der Waals surface area contributed by atoms with Gasteiger partial charge in [0.05, 0.1) is 12.9 Å². The van der Waals surface area contributed by atoms with Crippen molar-refractivity contribution in [1.29, 1.82) is 0 Å². The number of benzene rings is 1. The summed E-state index contributed by atoms with van der Waals surface area (Å²) in [7, 11) is 0. The van der Waals surface area contributed by atoms with Gasteiger partial charge in [0.1, 0.15) is 6.29 Å². The van der Waals surface area contributed by atoms with E-state index in [4.69, 9.17) is 4.74 Å². The summed E-state index contributed by atoms with van der Waals surface area (Å²) in [5, 5.41) is 11.0. The first kappa shape index (κ1) is 20.8. The third-order valence-electron chi connectivity index (χ3n) is 8.57. The van der Waals surface area contributed by atoms with Crippen molar-refractivity contribution < 1.29 is 27.8 Å². The fourth-order valence-electron chi connectivity index (χ4n) is 7.01. The molecule has 1 aliphatic heterocycles. The predicted molar refractivity (Wildman–Crippen MR) is 109 cm³/mol. The van der Waals surface area contributed by atoms with Crippen LogP contribution in [0.3, 0.4) is 0 Å². The molecular weight excluding hydrogens is 405 g/mol. The third kappa shape index (κ3) is 2.86. The van der Waals surface area contributed by atoms with Gasteiger partial charge in [0.15, 0.2) is 5.60 Å². The fourth-order valence-corrected chi connectivity index (χ4v) is 7.01. The van der Waals surface area contributed by atoms with Crippen molar-refractivity contribution in [2.45, 2.75) is 63.1 Å². The number of halogens is 3. The molecule has 0 saturated heterocycles. The number of hydrogen-bond acceptors (Lipinski definition) is 3. The van der Waals surface area contributed by atoms with E-state index in [-0.39, 0.29) is 30.6 Å². The van der Waals surface area contributed by atoms with Gasteiger partial charge < -0.3 is 9.84 Å². The maximum absolute atomic E-state index is 14.2. The molecule has 2 fully saturated rings. The first-order chi connectivity index (χ1) is 14.7. The van der Waals surface area contributed by atoms with E-state index in [1.54, 1.807) is 19.1 Å². The number of fused-ring (bicyclic) bond motifs is 4. The molecule has 5 rings (SSSR count). The van der Waals surface area contributed by atoms with Crippen molar-refractivity contribution in [2.75, 3.05) is 6.61 Å². The van der Waals surface area contributed by atoms with Gasteiger partial charge in [-0.05, 0) is 60.6 Å². The lowest BCUT2D eigenvalue weighted by molar-refractivity contribution is -0.299. The molecule has 3 aliphatic carbocycles. The molecule has 0 radical (unpaired) electrons. The van der Waals surface area contributed by atoms with Gasteiger partial charge >= 0.3 is 6.18 Å². The molecule has 1 N–H and O–H groups in total. The van der Waals surface area contributed by atoms with Gasteiger partial charge in [0, 0.05) is 23.3 Å². The standard InChI is InChI=1S/C25H27F3O3/c1-23-12-20(16-4-2-15(13-29)3-5-16)22-18-9-11-31-14-17(18)6-7-19(22)21(23)8-10-24(23,30)25(26,27)28/h2-5,13-14,19-21,30H,6-12H2,1H3/t19?,20-,21?,23+,24+/m1/s1. The quantitative estimate of drug-likeness (QED) is 0.609. The molecule has 4 aliphatic rings. The molecule has 1 aromatic carbocycles. The van der Waals surface area contributed by atoms with Gasteiger partial charge in [-0.25, -0.2) is 0 Å². The van der Waals surface area contributed by atoms with Crippen LogP contribution in [-0.4, -0.2) is 29.8 Å². The largest absolute Gasteiger partial charge is 0.501 e. The zero-order chi connectivity index (χ0) is 22.0. The summed E-state index contributed by atoms with van der Waals surface area (Å²) in [4.78, 5) is 11.1. The van der Waals surface area contributed by atoms with Crippen molar-refractivity contribution in [3.8, 4) is 0 Å². The summed E-state index contributed by atoms with van der Waals surface area (Å²) in [6.45, 7) is 2.24. The topological polar surface area (TPSA) is 46.5 Å². The normalized spacial score (nSPS) is 37.3. The summed E-state index contributed by atoms with van der Waals surface area (Å²) < 4.78 is 48.0. The Hall–Kier alpha value is -2.08. The van der Waals surface area contributed by atoms with Crippen molar-refractivity contribution in [1.82, 2.24) is 0 Å². The zero-order valence-electron chi connectivity index (χ0n) is 17.5. The Morgan fingerprint density at radius 3 is 2.58 bits per heavy atom.